The van der Waals surface area contributed by atoms with Crippen molar-refractivity contribution in [2.45, 2.75) is 77.4 Å². The molecule has 23 nitrogen and oxygen atoms in total. The molecule has 0 saturated carbocycles. The Morgan fingerprint density at radius 1 is 0.732 bits per heavy atom. The number of fused-ring (bicyclic) bond motifs is 5. The number of pyridine rings is 2. The van der Waals surface area contributed by atoms with Crippen molar-refractivity contribution >= 4 is 46.3 Å². The summed E-state index contributed by atoms with van der Waals surface area (Å²) in [5.41, 5.74) is 1.33. The van der Waals surface area contributed by atoms with Crippen LogP contribution in [0.4, 0.5) is 0 Å². The number of carbonyl (C=O) groups is 6. The first kappa shape index (κ1) is 56.2. The largest absolute Gasteiger partial charge is 0.508 e. The third-order valence-electron chi connectivity index (χ3n) is 11.1. The summed E-state index contributed by atoms with van der Waals surface area (Å²) in [6, 6.07) is 6.53. The second kappa shape index (κ2) is 28.3. The summed E-state index contributed by atoms with van der Waals surface area (Å²) in [5, 5.41) is 28.5. The molecule has 0 aliphatic carbocycles. The fourth-order valence-corrected chi connectivity index (χ4v) is 7.82. The highest BCUT2D eigenvalue weighted by molar-refractivity contribution is 5.91. The Kier molecular flexibility index (Phi) is 22.4. The van der Waals surface area contributed by atoms with Crippen LogP contribution in [0.15, 0.2) is 29.1 Å². The van der Waals surface area contributed by atoms with E-state index in [0.717, 1.165) is 16.5 Å². The van der Waals surface area contributed by atoms with Gasteiger partial charge in [-0.25, -0.2) is 19.4 Å². The Hall–Kier alpha value is -5.76. The van der Waals surface area contributed by atoms with E-state index in [1.54, 1.807) is 29.7 Å². The number of ketones is 2. The van der Waals surface area contributed by atoms with Gasteiger partial charge in [0.2, 0.25) is 5.60 Å². The van der Waals surface area contributed by atoms with Gasteiger partial charge < -0.3 is 72.0 Å². The molecule has 0 saturated heterocycles. The number of hydrogen-bond acceptors (Lipinski definition) is 20. The summed E-state index contributed by atoms with van der Waals surface area (Å²) in [4.78, 5) is 91.4. The van der Waals surface area contributed by atoms with Crippen molar-refractivity contribution < 1.29 is 96.2 Å². The number of Topliss-reactive ketones (excluding diaryl/α,β-unsaturated/α-hetero) is 2. The molecule has 71 heavy (non-hydrogen) atoms. The molecule has 0 radical (unpaired) electrons. The number of phenols is 1. The maximum Gasteiger partial charge on any atom is 0.355 e. The van der Waals surface area contributed by atoms with Crippen LogP contribution in [0.25, 0.3) is 22.3 Å². The van der Waals surface area contributed by atoms with Crippen LogP contribution in [0.3, 0.4) is 0 Å². The third kappa shape index (κ3) is 16.4. The number of phenolic OH excluding ortho intramolecular Hbond substituents is 1. The molecule has 5 rings (SSSR count). The summed E-state index contributed by atoms with van der Waals surface area (Å²) < 4.78 is 62.4. The van der Waals surface area contributed by atoms with Gasteiger partial charge in [0.05, 0.1) is 115 Å². The van der Waals surface area contributed by atoms with Crippen LogP contribution in [0.2, 0.25) is 0 Å². The highest BCUT2D eigenvalue weighted by Gasteiger charge is 2.50. The van der Waals surface area contributed by atoms with Crippen molar-refractivity contribution in [2.75, 3.05) is 106 Å². The molecule has 3 aromatic rings. The number of rotatable bonds is 36. The molecule has 390 valence electrons. The summed E-state index contributed by atoms with van der Waals surface area (Å²) in [6.07, 6.45) is -1.43. The first-order valence-electron chi connectivity index (χ1n) is 23.2. The van der Waals surface area contributed by atoms with Gasteiger partial charge >= 0.3 is 23.9 Å². The summed E-state index contributed by atoms with van der Waals surface area (Å²) >= 11 is 0. The van der Waals surface area contributed by atoms with E-state index < -0.39 is 72.7 Å². The number of hydrogen-bond donors (Lipinski definition) is 3. The zero-order valence-corrected chi connectivity index (χ0v) is 40.1. The number of ether oxygens (including phenoxy) is 11. The van der Waals surface area contributed by atoms with Crippen LogP contribution in [0.5, 0.6) is 5.75 Å². The number of benzene rings is 1. The molecule has 2 aliphatic rings. The van der Waals surface area contributed by atoms with Crippen molar-refractivity contribution in [1.29, 1.82) is 0 Å². The van der Waals surface area contributed by atoms with E-state index in [1.807, 2.05) is 6.92 Å². The van der Waals surface area contributed by atoms with Crippen molar-refractivity contribution in [3.05, 3.63) is 56.9 Å². The maximum atomic E-state index is 14.0. The Balaban J connectivity index is 1.12. The van der Waals surface area contributed by atoms with Crippen molar-refractivity contribution in [3.63, 3.8) is 0 Å². The van der Waals surface area contributed by atoms with Crippen LogP contribution < -0.4 is 5.56 Å². The molecule has 2 unspecified atom stereocenters. The highest BCUT2D eigenvalue weighted by Crippen LogP contribution is 2.42. The number of carboxylic acids is 2. The molecular weight excluding hydrogens is 941 g/mol. The maximum absolute atomic E-state index is 14.0. The van der Waals surface area contributed by atoms with Gasteiger partial charge in [-0.3, -0.25) is 19.2 Å². The molecule has 0 fully saturated rings. The minimum Gasteiger partial charge on any atom is -0.508 e. The van der Waals surface area contributed by atoms with Crippen molar-refractivity contribution in [1.82, 2.24) is 9.55 Å². The van der Waals surface area contributed by atoms with Crippen LogP contribution in [0.1, 0.15) is 62.3 Å². The number of esters is 2. The van der Waals surface area contributed by atoms with Crippen molar-refractivity contribution in [3.8, 4) is 17.1 Å². The zero-order chi connectivity index (χ0) is 51.3. The lowest BCUT2D eigenvalue weighted by molar-refractivity contribution is -0.189. The molecule has 0 bridgehead atoms. The molecular formula is C48H62N2O21. The number of aliphatic carboxylic acids is 2. The van der Waals surface area contributed by atoms with E-state index in [0.29, 0.717) is 23.3 Å². The highest BCUT2D eigenvalue weighted by atomic mass is 16.6. The molecule has 23 heteroatoms. The number of aromatic nitrogens is 2. The summed E-state index contributed by atoms with van der Waals surface area (Å²) in [7, 11) is 0. The minimum atomic E-state index is -1.96. The van der Waals surface area contributed by atoms with Crippen LogP contribution in [-0.2, 0) is 106 Å². The van der Waals surface area contributed by atoms with E-state index in [1.165, 1.54) is 13.0 Å². The number of carboxylic acid groups (broad SMARTS) is 2. The van der Waals surface area contributed by atoms with Gasteiger partial charge in [-0.05, 0) is 49.6 Å². The predicted octanol–water partition coefficient (Wildman–Crippen LogP) is 1.89. The van der Waals surface area contributed by atoms with Gasteiger partial charge in [-0.15, -0.1) is 0 Å². The zero-order valence-electron chi connectivity index (χ0n) is 40.1. The lowest BCUT2D eigenvalue weighted by Gasteiger charge is -2.35. The molecule has 0 amide bonds. The predicted molar refractivity (Wildman–Crippen MR) is 245 cm³/mol. The third-order valence-corrected chi connectivity index (χ3v) is 11.1. The van der Waals surface area contributed by atoms with Crippen LogP contribution >= 0.6 is 0 Å². The fourth-order valence-electron chi connectivity index (χ4n) is 7.82. The molecule has 3 atom stereocenters. The van der Waals surface area contributed by atoms with Gasteiger partial charge in [0.25, 0.3) is 5.56 Å². The van der Waals surface area contributed by atoms with Crippen molar-refractivity contribution in [2.24, 2.45) is 0 Å². The standard InChI is InChI=1S/C48H62N2O21/c1-4-35-36-18-31(52)6-8-40(36)49-45-37(35)20-50-41(45)19-39-38(46(50)59)27-70-47(60)48(39,5-2)71-44(58)9-7-32(53)22-62-15-17-69-34(24-64-11-13-66-29-43(56)57)26-67-25-33(68-16-14-61-21-30(3)51)23-63-10-12-65-28-42(54)55/h6,8,18-19,33-34,52H,4-5,7,9-17,20-29H2,1-3H3,(H,54,55)(H,56,57)/t33?,34?,48-/m0/s1. The van der Waals surface area contributed by atoms with Gasteiger partial charge in [-0.1, -0.05) is 13.8 Å². The van der Waals surface area contributed by atoms with E-state index in [2.05, 4.69) is 0 Å². The SMILES string of the molecule is CCc1c2c(nc3ccc(O)cc13)-c1cc3c(c(=O)n1C2)COC(=O)[C@@]3(CC)OC(=O)CCC(=O)COCCOC(COCCOCC(=O)O)COCC(COCCOCC(=O)O)OCCOCC(C)=O. The molecule has 2 aliphatic heterocycles. The van der Waals surface area contributed by atoms with Gasteiger partial charge in [0.15, 0.2) is 11.6 Å². The average molecular weight is 1000 g/mol. The minimum absolute atomic E-state index is 0.00127. The first-order chi connectivity index (χ1) is 34.2. The molecule has 1 aromatic carbocycles. The second-order valence-electron chi connectivity index (χ2n) is 16.4. The quantitative estimate of drug-likeness (QED) is 0.0433. The Labute approximate surface area is 408 Å². The van der Waals surface area contributed by atoms with E-state index in [9.17, 15) is 38.7 Å². The smallest absolute Gasteiger partial charge is 0.355 e. The number of nitrogens with zero attached hydrogens (tertiary/aromatic N) is 2. The Morgan fingerprint density at radius 3 is 1.90 bits per heavy atom. The number of carbonyl (C=O) groups excluding carboxylic acids is 4. The van der Waals surface area contributed by atoms with Crippen LogP contribution in [-0.4, -0.2) is 178 Å². The second-order valence-corrected chi connectivity index (χ2v) is 16.4. The van der Waals surface area contributed by atoms with E-state index in [4.69, 9.17) is 67.3 Å². The normalized spacial score (nSPS) is 15.7. The Bertz CT molecular complexity index is 2390. The summed E-state index contributed by atoms with van der Waals surface area (Å²) in [6.45, 7) is 3.89. The Morgan fingerprint density at radius 2 is 1.31 bits per heavy atom. The topological polar surface area (TPSA) is 300 Å². The molecule has 2 aromatic heterocycles. The van der Waals surface area contributed by atoms with Gasteiger partial charge in [0, 0.05) is 22.9 Å². The van der Waals surface area contributed by atoms with E-state index >= 15 is 0 Å². The monoisotopic (exact) mass is 1000 g/mol. The summed E-state index contributed by atoms with van der Waals surface area (Å²) in [5.74, 6) is -4.46. The number of aryl methyl sites for hydroxylation is 1. The molecule has 0 spiro atoms. The van der Waals surface area contributed by atoms with Gasteiger partial charge in [0.1, 0.15) is 51.0 Å². The average Bonchev–Trinajstić information content (AvgIpc) is 3.70. The van der Waals surface area contributed by atoms with Gasteiger partial charge in [-0.2, -0.15) is 0 Å². The number of cyclic esters (lactones) is 1. The lowest BCUT2D eigenvalue weighted by atomic mass is 9.85. The van der Waals surface area contributed by atoms with Crippen LogP contribution in [0, 0.1) is 0 Å². The fraction of sp³-hybridized carbons (Fsp3) is 0.583. The molecule has 4 heterocycles. The van der Waals surface area contributed by atoms with E-state index in [-0.39, 0.29) is 141 Å². The lowest BCUT2D eigenvalue weighted by Crippen LogP contribution is -2.47. The molecule has 3 N–H and O–H groups in total. The first-order valence-corrected chi connectivity index (χ1v) is 23.2. The number of aromatic hydroxyl groups is 1.